The first kappa shape index (κ1) is 16.4. The van der Waals surface area contributed by atoms with Gasteiger partial charge in [-0.1, -0.05) is 30.3 Å². The lowest BCUT2D eigenvalue weighted by Gasteiger charge is -2.38. The first-order valence-corrected chi connectivity index (χ1v) is 8.53. The fourth-order valence-corrected chi connectivity index (χ4v) is 3.56. The summed E-state index contributed by atoms with van der Waals surface area (Å²) in [6.45, 7) is 4.75. The van der Waals surface area contributed by atoms with Crippen molar-refractivity contribution in [2.45, 2.75) is 38.0 Å². The van der Waals surface area contributed by atoms with Gasteiger partial charge < -0.3 is 20.1 Å². The van der Waals surface area contributed by atoms with Crippen LogP contribution in [0.15, 0.2) is 30.3 Å². The second-order valence-electron chi connectivity index (χ2n) is 6.53. The molecule has 2 fully saturated rings. The van der Waals surface area contributed by atoms with Gasteiger partial charge in [0.05, 0.1) is 18.8 Å². The van der Waals surface area contributed by atoms with Crippen molar-refractivity contribution in [3.8, 4) is 0 Å². The Labute approximate surface area is 137 Å². The molecule has 1 aromatic rings. The molecule has 2 N–H and O–H groups in total. The van der Waals surface area contributed by atoms with Gasteiger partial charge >= 0.3 is 0 Å². The number of ether oxygens (including phenoxy) is 1. The molecule has 1 unspecified atom stereocenters. The van der Waals surface area contributed by atoms with Crippen molar-refractivity contribution < 1.29 is 14.6 Å². The number of hydrogen-bond acceptors (Lipinski definition) is 4. The third-order valence-corrected chi connectivity index (χ3v) is 5.02. The summed E-state index contributed by atoms with van der Waals surface area (Å²) in [5.74, 6) is 0.347. The number of amides is 1. The number of morpholine rings is 1. The number of hydrogen-bond donors (Lipinski definition) is 2. The van der Waals surface area contributed by atoms with Gasteiger partial charge in [0.1, 0.15) is 6.04 Å². The van der Waals surface area contributed by atoms with Crippen molar-refractivity contribution in [3.05, 3.63) is 35.9 Å². The monoisotopic (exact) mass is 318 g/mol. The lowest BCUT2D eigenvalue weighted by atomic mass is 9.87. The molecule has 3 atom stereocenters. The SMILES string of the molecule is C[C@H]1OCCN[C@@H]1C(=O)N1CCC(C(O)c2ccccc2)CC1. The van der Waals surface area contributed by atoms with E-state index in [0.29, 0.717) is 19.7 Å². The van der Waals surface area contributed by atoms with Gasteiger partial charge in [-0.2, -0.15) is 0 Å². The lowest BCUT2D eigenvalue weighted by Crippen LogP contribution is -2.57. The van der Waals surface area contributed by atoms with Gasteiger partial charge in [-0.3, -0.25) is 4.79 Å². The van der Waals surface area contributed by atoms with Crippen LogP contribution in [0.1, 0.15) is 31.4 Å². The maximum atomic E-state index is 12.6. The molecule has 0 aromatic heterocycles. The molecule has 0 radical (unpaired) electrons. The standard InChI is InChI=1S/C18H26N2O3/c1-13-16(19-9-12-23-13)18(22)20-10-7-15(8-11-20)17(21)14-5-3-2-4-6-14/h2-6,13,15-17,19,21H,7-12H2,1H3/t13-,16+,17?/m1/s1. The number of aliphatic hydroxyl groups is 1. The Hall–Kier alpha value is -1.43. The summed E-state index contributed by atoms with van der Waals surface area (Å²) in [5, 5.41) is 13.8. The van der Waals surface area contributed by atoms with E-state index in [2.05, 4.69) is 5.32 Å². The predicted molar refractivity (Wildman–Crippen MR) is 87.9 cm³/mol. The molecule has 0 aliphatic carbocycles. The summed E-state index contributed by atoms with van der Waals surface area (Å²) in [4.78, 5) is 14.5. The molecule has 0 bridgehead atoms. The number of piperidine rings is 1. The zero-order chi connectivity index (χ0) is 16.2. The van der Waals surface area contributed by atoms with Crippen LogP contribution in [0.5, 0.6) is 0 Å². The summed E-state index contributed by atoms with van der Waals surface area (Å²) in [5.41, 5.74) is 0.966. The average Bonchev–Trinajstić information content (AvgIpc) is 2.62. The molecule has 1 aromatic carbocycles. The molecule has 23 heavy (non-hydrogen) atoms. The lowest BCUT2D eigenvalue weighted by molar-refractivity contribution is -0.141. The Bertz CT molecular complexity index is 514. The summed E-state index contributed by atoms with van der Waals surface area (Å²) in [7, 11) is 0. The number of nitrogens with zero attached hydrogens (tertiary/aromatic N) is 1. The highest BCUT2D eigenvalue weighted by molar-refractivity contribution is 5.82. The van der Waals surface area contributed by atoms with Crippen LogP contribution in [0.2, 0.25) is 0 Å². The highest BCUT2D eigenvalue weighted by Crippen LogP contribution is 2.30. The molecule has 2 saturated heterocycles. The van der Waals surface area contributed by atoms with Gasteiger partial charge in [-0.15, -0.1) is 0 Å². The molecule has 2 aliphatic rings. The molecule has 3 rings (SSSR count). The maximum Gasteiger partial charge on any atom is 0.242 e. The average molecular weight is 318 g/mol. The van der Waals surface area contributed by atoms with E-state index in [9.17, 15) is 9.90 Å². The highest BCUT2D eigenvalue weighted by Gasteiger charge is 2.34. The minimum Gasteiger partial charge on any atom is -0.388 e. The van der Waals surface area contributed by atoms with Crippen molar-refractivity contribution >= 4 is 5.91 Å². The fourth-order valence-electron chi connectivity index (χ4n) is 3.56. The van der Waals surface area contributed by atoms with Crippen LogP contribution in [-0.4, -0.2) is 54.3 Å². The predicted octanol–water partition coefficient (Wildman–Crippen LogP) is 1.34. The molecule has 5 nitrogen and oxygen atoms in total. The first-order chi connectivity index (χ1) is 11.2. The Morgan fingerprint density at radius 2 is 2.00 bits per heavy atom. The van der Waals surface area contributed by atoms with E-state index in [1.54, 1.807) is 0 Å². The van der Waals surface area contributed by atoms with E-state index in [1.807, 2.05) is 42.2 Å². The van der Waals surface area contributed by atoms with Crippen molar-refractivity contribution in [2.75, 3.05) is 26.2 Å². The Morgan fingerprint density at radius 1 is 1.30 bits per heavy atom. The van der Waals surface area contributed by atoms with Crippen molar-refractivity contribution in [1.29, 1.82) is 0 Å². The maximum absolute atomic E-state index is 12.6. The van der Waals surface area contributed by atoms with E-state index in [4.69, 9.17) is 4.74 Å². The van der Waals surface area contributed by atoms with Crippen molar-refractivity contribution in [2.24, 2.45) is 5.92 Å². The highest BCUT2D eigenvalue weighted by atomic mass is 16.5. The van der Waals surface area contributed by atoms with Crippen LogP contribution in [0.25, 0.3) is 0 Å². The van der Waals surface area contributed by atoms with E-state index >= 15 is 0 Å². The van der Waals surface area contributed by atoms with Gasteiger partial charge in [0.2, 0.25) is 5.91 Å². The summed E-state index contributed by atoms with van der Waals surface area (Å²) in [6.07, 6.45) is 1.15. The minimum absolute atomic E-state index is 0.0797. The normalized spacial score (nSPS) is 27.7. The summed E-state index contributed by atoms with van der Waals surface area (Å²) in [6, 6.07) is 9.55. The third-order valence-electron chi connectivity index (χ3n) is 5.02. The Kier molecular flexibility index (Phi) is 5.30. The quantitative estimate of drug-likeness (QED) is 0.883. The van der Waals surface area contributed by atoms with Crippen LogP contribution in [-0.2, 0) is 9.53 Å². The summed E-state index contributed by atoms with van der Waals surface area (Å²) < 4.78 is 5.57. The molecule has 5 heteroatoms. The van der Waals surface area contributed by atoms with Gasteiger partial charge in [0.15, 0.2) is 0 Å². The number of aliphatic hydroxyl groups excluding tert-OH is 1. The van der Waals surface area contributed by atoms with Crippen LogP contribution in [0.3, 0.4) is 0 Å². The molecule has 126 valence electrons. The smallest absolute Gasteiger partial charge is 0.242 e. The van der Waals surface area contributed by atoms with Crippen molar-refractivity contribution in [3.63, 3.8) is 0 Å². The van der Waals surface area contributed by atoms with Crippen LogP contribution >= 0.6 is 0 Å². The second kappa shape index (κ2) is 7.43. The molecule has 0 saturated carbocycles. The third kappa shape index (κ3) is 3.74. The molecule has 0 spiro atoms. The van der Waals surface area contributed by atoms with Crippen molar-refractivity contribution in [1.82, 2.24) is 10.2 Å². The van der Waals surface area contributed by atoms with Gasteiger partial charge in [0, 0.05) is 19.6 Å². The zero-order valence-electron chi connectivity index (χ0n) is 13.6. The zero-order valence-corrected chi connectivity index (χ0v) is 13.6. The number of likely N-dealkylation sites (tertiary alicyclic amines) is 1. The van der Waals surface area contributed by atoms with Crippen LogP contribution in [0.4, 0.5) is 0 Å². The molecular weight excluding hydrogens is 292 g/mol. The largest absolute Gasteiger partial charge is 0.388 e. The van der Waals surface area contributed by atoms with E-state index < -0.39 is 6.10 Å². The molecular formula is C18H26N2O3. The van der Waals surface area contributed by atoms with Crippen LogP contribution in [0, 0.1) is 5.92 Å². The number of nitrogens with one attached hydrogen (secondary N) is 1. The topological polar surface area (TPSA) is 61.8 Å². The number of carbonyl (C=O) groups excluding carboxylic acids is 1. The van der Waals surface area contributed by atoms with Gasteiger partial charge in [-0.25, -0.2) is 0 Å². The molecule has 2 heterocycles. The number of rotatable bonds is 3. The molecule has 2 aliphatic heterocycles. The van der Waals surface area contributed by atoms with Gasteiger partial charge in [-0.05, 0) is 31.2 Å². The van der Waals surface area contributed by atoms with Crippen LogP contribution < -0.4 is 5.32 Å². The second-order valence-corrected chi connectivity index (χ2v) is 6.53. The number of carbonyl (C=O) groups is 1. The summed E-state index contributed by atoms with van der Waals surface area (Å²) >= 11 is 0. The molecule has 1 amide bonds. The minimum atomic E-state index is -0.441. The fraction of sp³-hybridized carbons (Fsp3) is 0.611. The van der Waals surface area contributed by atoms with E-state index in [-0.39, 0.29) is 24.0 Å². The van der Waals surface area contributed by atoms with E-state index in [0.717, 1.165) is 24.9 Å². The van der Waals surface area contributed by atoms with Gasteiger partial charge in [0.25, 0.3) is 0 Å². The number of benzene rings is 1. The Balaban J connectivity index is 1.55. The first-order valence-electron chi connectivity index (χ1n) is 8.53. The van der Waals surface area contributed by atoms with E-state index in [1.165, 1.54) is 0 Å². The Morgan fingerprint density at radius 3 is 2.65 bits per heavy atom.